The predicted molar refractivity (Wildman–Crippen MR) is 51.5 cm³/mol. The topological polar surface area (TPSA) is 75.0 Å². The van der Waals surface area contributed by atoms with Gasteiger partial charge in [0, 0.05) is 31.0 Å². The Morgan fingerprint density at radius 1 is 1.79 bits per heavy atom. The molecule has 76 valence electrons. The molecule has 1 aliphatic heterocycles. The molecule has 1 aromatic rings. The SMILES string of the molecule is NC1CCN(C(=O)Cc2ccn[nH]2)C1. The maximum Gasteiger partial charge on any atom is 0.228 e. The summed E-state index contributed by atoms with van der Waals surface area (Å²) < 4.78 is 0. The van der Waals surface area contributed by atoms with Crippen LogP contribution < -0.4 is 5.73 Å². The average Bonchev–Trinajstić information content (AvgIpc) is 2.75. The molecule has 1 fully saturated rings. The lowest BCUT2D eigenvalue weighted by atomic mass is 10.3. The van der Waals surface area contributed by atoms with E-state index in [1.54, 1.807) is 6.20 Å². The fourth-order valence-electron chi connectivity index (χ4n) is 1.67. The van der Waals surface area contributed by atoms with Gasteiger partial charge in [0.15, 0.2) is 0 Å². The summed E-state index contributed by atoms with van der Waals surface area (Å²) in [6.07, 6.45) is 2.96. The number of aromatic amines is 1. The number of amides is 1. The number of H-pyrrole nitrogens is 1. The van der Waals surface area contributed by atoms with Gasteiger partial charge < -0.3 is 10.6 Å². The van der Waals surface area contributed by atoms with Crippen molar-refractivity contribution in [1.29, 1.82) is 0 Å². The summed E-state index contributed by atoms with van der Waals surface area (Å²) in [6.45, 7) is 1.47. The first-order valence-corrected chi connectivity index (χ1v) is 4.77. The van der Waals surface area contributed by atoms with E-state index in [1.807, 2.05) is 11.0 Å². The Morgan fingerprint density at radius 2 is 2.64 bits per heavy atom. The summed E-state index contributed by atoms with van der Waals surface area (Å²) in [6, 6.07) is 1.97. The highest BCUT2D eigenvalue weighted by Crippen LogP contribution is 2.08. The molecule has 1 saturated heterocycles. The van der Waals surface area contributed by atoms with Crippen molar-refractivity contribution in [3.05, 3.63) is 18.0 Å². The van der Waals surface area contributed by atoms with Crippen molar-refractivity contribution < 1.29 is 4.79 Å². The lowest BCUT2D eigenvalue weighted by molar-refractivity contribution is -0.129. The van der Waals surface area contributed by atoms with E-state index in [9.17, 15) is 4.79 Å². The van der Waals surface area contributed by atoms with Crippen LogP contribution in [0.1, 0.15) is 12.1 Å². The van der Waals surface area contributed by atoms with Crippen molar-refractivity contribution >= 4 is 5.91 Å². The van der Waals surface area contributed by atoms with Gasteiger partial charge in [-0.1, -0.05) is 0 Å². The molecule has 0 aliphatic carbocycles. The minimum Gasteiger partial charge on any atom is -0.341 e. The molecule has 0 saturated carbocycles. The van der Waals surface area contributed by atoms with Gasteiger partial charge in [-0.2, -0.15) is 5.10 Å². The normalized spacial score (nSPS) is 21.5. The molecule has 1 atom stereocenters. The minimum atomic E-state index is 0.127. The fourth-order valence-corrected chi connectivity index (χ4v) is 1.67. The van der Waals surface area contributed by atoms with Gasteiger partial charge >= 0.3 is 0 Å². The Kier molecular flexibility index (Phi) is 2.49. The van der Waals surface area contributed by atoms with E-state index in [1.165, 1.54) is 0 Å². The van der Waals surface area contributed by atoms with Crippen LogP contribution >= 0.6 is 0 Å². The standard InChI is InChI=1S/C9H14N4O/c10-7-2-4-13(6-7)9(14)5-8-1-3-11-12-8/h1,3,7H,2,4-6,10H2,(H,11,12). The zero-order valence-corrected chi connectivity index (χ0v) is 7.94. The van der Waals surface area contributed by atoms with E-state index in [2.05, 4.69) is 10.2 Å². The summed E-state index contributed by atoms with van der Waals surface area (Å²) in [7, 11) is 0. The fraction of sp³-hybridized carbons (Fsp3) is 0.556. The number of nitrogens with two attached hydrogens (primary N) is 1. The van der Waals surface area contributed by atoms with Crippen molar-refractivity contribution in [2.24, 2.45) is 5.73 Å². The van der Waals surface area contributed by atoms with E-state index in [0.29, 0.717) is 13.0 Å². The minimum absolute atomic E-state index is 0.127. The monoisotopic (exact) mass is 194 g/mol. The van der Waals surface area contributed by atoms with Crippen LogP contribution in [0.25, 0.3) is 0 Å². The second kappa shape index (κ2) is 3.79. The van der Waals surface area contributed by atoms with E-state index in [4.69, 9.17) is 5.73 Å². The molecule has 5 heteroatoms. The number of rotatable bonds is 2. The zero-order chi connectivity index (χ0) is 9.97. The highest BCUT2D eigenvalue weighted by Gasteiger charge is 2.23. The van der Waals surface area contributed by atoms with Crippen LogP contribution in [0.2, 0.25) is 0 Å². The van der Waals surface area contributed by atoms with Crippen molar-refractivity contribution in [2.75, 3.05) is 13.1 Å². The largest absolute Gasteiger partial charge is 0.341 e. The van der Waals surface area contributed by atoms with E-state index in [-0.39, 0.29) is 11.9 Å². The van der Waals surface area contributed by atoms with Gasteiger partial charge in [0.1, 0.15) is 0 Å². The molecule has 2 heterocycles. The van der Waals surface area contributed by atoms with Crippen molar-refractivity contribution in [3.63, 3.8) is 0 Å². The number of nitrogens with one attached hydrogen (secondary N) is 1. The van der Waals surface area contributed by atoms with Gasteiger partial charge in [0.25, 0.3) is 0 Å². The number of likely N-dealkylation sites (tertiary alicyclic amines) is 1. The highest BCUT2D eigenvalue weighted by atomic mass is 16.2. The van der Waals surface area contributed by atoms with Crippen LogP contribution in [-0.4, -0.2) is 40.1 Å². The van der Waals surface area contributed by atoms with Crippen LogP contribution in [-0.2, 0) is 11.2 Å². The first-order chi connectivity index (χ1) is 6.75. The number of aromatic nitrogens is 2. The van der Waals surface area contributed by atoms with Crippen LogP contribution in [0.5, 0.6) is 0 Å². The molecule has 1 aromatic heterocycles. The zero-order valence-electron chi connectivity index (χ0n) is 7.94. The van der Waals surface area contributed by atoms with Gasteiger partial charge in [0.05, 0.1) is 6.42 Å². The van der Waals surface area contributed by atoms with Gasteiger partial charge in [-0.15, -0.1) is 0 Å². The molecule has 0 radical (unpaired) electrons. The molecular weight excluding hydrogens is 180 g/mol. The summed E-state index contributed by atoms with van der Waals surface area (Å²) in [5.74, 6) is 0.127. The molecule has 3 N–H and O–H groups in total. The Morgan fingerprint density at radius 3 is 3.21 bits per heavy atom. The molecule has 1 amide bonds. The van der Waals surface area contributed by atoms with Crippen molar-refractivity contribution in [1.82, 2.24) is 15.1 Å². The first kappa shape index (κ1) is 9.21. The molecule has 14 heavy (non-hydrogen) atoms. The lowest BCUT2D eigenvalue weighted by Crippen LogP contribution is -2.32. The van der Waals surface area contributed by atoms with Gasteiger partial charge in [-0.05, 0) is 12.5 Å². The quantitative estimate of drug-likeness (QED) is 0.667. The van der Waals surface area contributed by atoms with Crippen molar-refractivity contribution in [2.45, 2.75) is 18.9 Å². The first-order valence-electron chi connectivity index (χ1n) is 4.77. The molecule has 0 spiro atoms. The molecule has 1 aliphatic rings. The van der Waals surface area contributed by atoms with Gasteiger partial charge in [-0.3, -0.25) is 9.89 Å². The highest BCUT2D eigenvalue weighted by molar-refractivity contribution is 5.78. The maximum atomic E-state index is 11.7. The number of nitrogens with zero attached hydrogens (tertiary/aromatic N) is 2. The number of hydrogen-bond acceptors (Lipinski definition) is 3. The predicted octanol–water partition coefficient (Wildman–Crippen LogP) is -0.488. The summed E-state index contributed by atoms with van der Waals surface area (Å²) in [5, 5.41) is 6.57. The Balaban J connectivity index is 1.90. The Labute approximate surface area is 82.3 Å². The summed E-state index contributed by atoms with van der Waals surface area (Å²) in [4.78, 5) is 13.5. The second-order valence-electron chi connectivity index (χ2n) is 3.65. The second-order valence-corrected chi connectivity index (χ2v) is 3.65. The maximum absolute atomic E-state index is 11.7. The number of carbonyl (C=O) groups excluding carboxylic acids is 1. The Hall–Kier alpha value is -1.36. The Bertz CT molecular complexity index is 309. The summed E-state index contributed by atoms with van der Waals surface area (Å²) >= 11 is 0. The molecule has 5 nitrogen and oxygen atoms in total. The smallest absolute Gasteiger partial charge is 0.228 e. The van der Waals surface area contributed by atoms with Gasteiger partial charge in [0.2, 0.25) is 5.91 Å². The van der Waals surface area contributed by atoms with E-state index < -0.39 is 0 Å². The van der Waals surface area contributed by atoms with Gasteiger partial charge in [-0.25, -0.2) is 0 Å². The third-order valence-electron chi connectivity index (χ3n) is 2.48. The molecule has 0 aromatic carbocycles. The molecular formula is C9H14N4O. The third kappa shape index (κ3) is 1.93. The average molecular weight is 194 g/mol. The summed E-state index contributed by atoms with van der Waals surface area (Å²) in [5.41, 5.74) is 6.58. The number of hydrogen-bond donors (Lipinski definition) is 2. The van der Waals surface area contributed by atoms with E-state index in [0.717, 1.165) is 18.7 Å². The number of carbonyl (C=O) groups is 1. The molecule has 0 bridgehead atoms. The van der Waals surface area contributed by atoms with Crippen LogP contribution in [0.3, 0.4) is 0 Å². The van der Waals surface area contributed by atoms with Crippen LogP contribution in [0, 0.1) is 0 Å². The lowest BCUT2D eigenvalue weighted by Gasteiger charge is -2.14. The van der Waals surface area contributed by atoms with E-state index >= 15 is 0 Å². The molecule has 2 rings (SSSR count). The third-order valence-corrected chi connectivity index (χ3v) is 2.48. The molecule has 1 unspecified atom stereocenters. The van der Waals surface area contributed by atoms with Crippen LogP contribution in [0.4, 0.5) is 0 Å². The van der Waals surface area contributed by atoms with Crippen LogP contribution in [0.15, 0.2) is 12.3 Å². The van der Waals surface area contributed by atoms with Crippen molar-refractivity contribution in [3.8, 4) is 0 Å².